The van der Waals surface area contributed by atoms with Crippen molar-refractivity contribution in [3.63, 3.8) is 0 Å². The van der Waals surface area contributed by atoms with Crippen LogP contribution in [-0.4, -0.2) is 34.3 Å². The molecule has 8 heteroatoms. The zero-order valence-corrected chi connectivity index (χ0v) is 15.8. The van der Waals surface area contributed by atoms with Gasteiger partial charge in [0, 0.05) is 12.1 Å². The van der Waals surface area contributed by atoms with E-state index in [9.17, 15) is 0 Å². The van der Waals surface area contributed by atoms with Gasteiger partial charge < -0.3 is 19.8 Å². The van der Waals surface area contributed by atoms with E-state index in [2.05, 4.69) is 37.4 Å². The highest BCUT2D eigenvalue weighted by Gasteiger charge is 2.09. The van der Waals surface area contributed by atoms with Crippen molar-refractivity contribution in [1.82, 2.24) is 25.8 Å². The number of H-pyrrole nitrogens is 1. The lowest BCUT2D eigenvalue weighted by Gasteiger charge is -2.12. The fourth-order valence-corrected chi connectivity index (χ4v) is 2.49. The number of nitrogens with zero attached hydrogens (tertiary/aromatic N) is 3. The molecule has 0 saturated heterocycles. The van der Waals surface area contributed by atoms with Gasteiger partial charge >= 0.3 is 0 Å². The maximum Gasteiger partial charge on any atom is 0.216 e. The van der Waals surface area contributed by atoms with Crippen molar-refractivity contribution in [2.45, 2.75) is 20.0 Å². The molecule has 3 rings (SSSR count). The third kappa shape index (κ3) is 5.23. The van der Waals surface area contributed by atoms with Crippen molar-refractivity contribution in [2.75, 3.05) is 13.2 Å². The number of ether oxygens (including phenoxy) is 1. The lowest BCUT2D eigenvalue weighted by Crippen LogP contribution is -2.37. The van der Waals surface area contributed by atoms with Gasteiger partial charge in [-0.15, -0.1) is 5.10 Å². The van der Waals surface area contributed by atoms with E-state index >= 15 is 0 Å². The third-order valence-corrected chi connectivity index (χ3v) is 3.78. The molecule has 146 valence electrons. The standard InChI is InChI=1S/C20H24N6O2/c1-3-11-27-16-9-6-5-8-15(16)13-22-20(21-4-2)23-14-18-24-19(26-25-18)17-10-7-12-28-17/h3,5-10,12H,1,4,11,13-14H2,2H3,(H2,21,22,23)(H,24,25,26). The predicted molar refractivity (Wildman–Crippen MR) is 108 cm³/mol. The fraction of sp³-hybridized carbons (Fsp3) is 0.250. The topological polar surface area (TPSA) is 100 Å². The summed E-state index contributed by atoms with van der Waals surface area (Å²) in [5.74, 6) is 3.32. The zero-order valence-electron chi connectivity index (χ0n) is 15.8. The molecule has 0 unspecified atom stereocenters. The van der Waals surface area contributed by atoms with Gasteiger partial charge in [-0.25, -0.2) is 9.98 Å². The quantitative estimate of drug-likeness (QED) is 0.300. The molecule has 8 nitrogen and oxygen atoms in total. The predicted octanol–water partition coefficient (Wildman–Crippen LogP) is 2.88. The lowest BCUT2D eigenvalue weighted by atomic mass is 10.2. The summed E-state index contributed by atoms with van der Waals surface area (Å²) < 4.78 is 11.0. The van der Waals surface area contributed by atoms with Crippen molar-refractivity contribution in [1.29, 1.82) is 0 Å². The van der Waals surface area contributed by atoms with Crippen molar-refractivity contribution in [3.8, 4) is 17.3 Å². The Kier molecular flexibility index (Phi) is 6.84. The van der Waals surface area contributed by atoms with Crippen LogP contribution in [0.15, 0.2) is 64.7 Å². The number of aromatic nitrogens is 3. The molecule has 0 fully saturated rings. The van der Waals surface area contributed by atoms with E-state index in [1.807, 2.05) is 37.3 Å². The first-order chi connectivity index (χ1) is 13.8. The monoisotopic (exact) mass is 380 g/mol. The first-order valence-corrected chi connectivity index (χ1v) is 9.09. The average Bonchev–Trinajstić information content (AvgIpc) is 3.41. The van der Waals surface area contributed by atoms with Crippen LogP contribution in [0.25, 0.3) is 11.6 Å². The normalized spacial score (nSPS) is 11.2. The number of aromatic amines is 1. The van der Waals surface area contributed by atoms with Crippen LogP contribution in [0.2, 0.25) is 0 Å². The van der Waals surface area contributed by atoms with Gasteiger partial charge in [0.25, 0.3) is 0 Å². The van der Waals surface area contributed by atoms with Crippen LogP contribution in [0, 0.1) is 0 Å². The van der Waals surface area contributed by atoms with Crippen LogP contribution in [0.3, 0.4) is 0 Å². The summed E-state index contributed by atoms with van der Waals surface area (Å²) in [7, 11) is 0. The molecule has 1 aromatic carbocycles. The highest BCUT2D eigenvalue weighted by atomic mass is 16.5. The highest BCUT2D eigenvalue weighted by Crippen LogP contribution is 2.19. The second kappa shape index (κ2) is 9.96. The minimum absolute atomic E-state index is 0.453. The van der Waals surface area contributed by atoms with Crippen LogP contribution in [0.5, 0.6) is 5.75 Å². The molecule has 28 heavy (non-hydrogen) atoms. The average molecular weight is 380 g/mol. The first kappa shape index (κ1) is 19.2. The molecule has 0 aliphatic heterocycles. The van der Waals surface area contributed by atoms with Crippen molar-refractivity contribution in [2.24, 2.45) is 4.99 Å². The number of guanidine groups is 1. The molecule has 0 spiro atoms. The lowest BCUT2D eigenvalue weighted by molar-refractivity contribution is 0.359. The van der Waals surface area contributed by atoms with Crippen LogP contribution < -0.4 is 15.4 Å². The van der Waals surface area contributed by atoms with Crippen molar-refractivity contribution < 1.29 is 9.15 Å². The van der Waals surface area contributed by atoms with Crippen molar-refractivity contribution in [3.05, 3.63) is 66.7 Å². The maximum atomic E-state index is 5.69. The molecule has 3 aromatic rings. The molecule has 0 aliphatic rings. The number of hydrogen-bond acceptors (Lipinski definition) is 5. The van der Waals surface area contributed by atoms with E-state index in [0.29, 0.717) is 43.1 Å². The van der Waals surface area contributed by atoms with Gasteiger partial charge in [0.2, 0.25) is 5.82 Å². The number of benzene rings is 1. The van der Waals surface area contributed by atoms with Crippen LogP contribution >= 0.6 is 0 Å². The first-order valence-electron chi connectivity index (χ1n) is 9.09. The molecule has 0 aliphatic carbocycles. The van der Waals surface area contributed by atoms with Gasteiger partial charge in [-0.1, -0.05) is 30.9 Å². The van der Waals surface area contributed by atoms with E-state index in [0.717, 1.165) is 17.9 Å². The Morgan fingerprint density at radius 1 is 1.29 bits per heavy atom. The van der Waals surface area contributed by atoms with E-state index in [-0.39, 0.29) is 0 Å². The third-order valence-electron chi connectivity index (χ3n) is 3.78. The molecule has 3 N–H and O–H groups in total. The van der Waals surface area contributed by atoms with Crippen LogP contribution in [-0.2, 0) is 13.1 Å². The summed E-state index contributed by atoms with van der Waals surface area (Å²) in [6, 6.07) is 11.5. The minimum Gasteiger partial charge on any atom is -0.489 e. The van der Waals surface area contributed by atoms with Crippen molar-refractivity contribution >= 4 is 5.96 Å². The molecule has 0 saturated carbocycles. The molecule has 0 radical (unpaired) electrons. The number of furan rings is 1. The Balaban J connectivity index is 1.63. The number of rotatable bonds is 9. The van der Waals surface area contributed by atoms with Gasteiger partial charge in [-0.05, 0) is 25.1 Å². The van der Waals surface area contributed by atoms with Gasteiger partial charge in [0.05, 0.1) is 19.4 Å². The Morgan fingerprint density at radius 3 is 2.96 bits per heavy atom. The molecule has 0 amide bonds. The second-order valence-electron chi connectivity index (χ2n) is 5.84. The summed E-state index contributed by atoms with van der Waals surface area (Å²) >= 11 is 0. The Labute approximate surface area is 163 Å². The second-order valence-corrected chi connectivity index (χ2v) is 5.84. The van der Waals surface area contributed by atoms with E-state index < -0.39 is 0 Å². The summed E-state index contributed by atoms with van der Waals surface area (Å²) in [6.07, 6.45) is 3.32. The highest BCUT2D eigenvalue weighted by molar-refractivity contribution is 5.79. The van der Waals surface area contributed by atoms with E-state index in [4.69, 9.17) is 9.15 Å². The number of para-hydroxylation sites is 1. The number of hydrogen-bond donors (Lipinski definition) is 3. The van der Waals surface area contributed by atoms with Crippen LogP contribution in [0.1, 0.15) is 18.3 Å². The molecular formula is C20H24N6O2. The Bertz CT molecular complexity index is 901. The fourth-order valence-electron chi connectivity index (χ4n) is 2.49. The Morgan fingerprint density at radius 2 is 2.18 bits per heavy atom. The SMILES string of the molecule is C=CCOc1ccccc1CN=C(NCC)NCc1nc(-c2ccco2)n[nH]1. The summed E-state index contributed by atoms with van der Waals surface area (Å²) in [5.41, 5.74) is 1.00. The molecule has 0 atom stereocenters. The molecule has 0 bridgehead atoms. The van der Waals surface area contributed by atoms with E-state index in [1.54, 1.807) is 18.4 Å². The van der Waals surface area contributed by atoms with Crippen LogP contribution in [0.4, 0.5) is 0 Å². The smallest absolute Gasteiger partial charge is 0.216 e. The Hall–Kier alpha value is -3.55. The van der Waals surface area contributed by atoms with Gasteiger partial charge in [-0.3, -0.25) is 5.10 Å². The molecule has 2 aromatic heterocycles. The van der Waals surface area contributed by atoms with Gasteiger partial charge in [0.15, 0.2) is 11.7 Å². The molecule has 2 heterocycles. The number of nitrogens with one attached hydrogen (secondary N) is 3. The van der Waals surface area contributed by atoms with Gasteiger partial charge in [0.1, 0.15) is 18.2 Å². The maximum absolute atomic E-state index is 5.69. The van der Waals surface area contributed by atoms with E-state index in [1.165, 1.54) is 0 Å². The van der Waals surface area contributed by atoms with Gasteiger partial charge in [-0.2, -0.15) is 0 Å². The minimum atomic E-state index is 0.453. The molecular weight excluding hydrogens is 356 g/mol. The summed E-state index contributed by atoms with van der Waals surface area (Å²) in [4.78, 5) is 9.05. The largest absolute Gasteiger partial charge is 0.489 e. The summed E-state index contributed by atoms with van der Waals surface area (Å²) in [5, 5.41) is 13.5. The summed E-state index contributed by atoms with van der Waals surface area (Å²) in [6.45, 7) is 7.84. The number of aliphatic imine (C=N–C) groups is 1. The zero-order chi connectivity index (χ0) is 19.6.